The molecule has 0 amide bonds. The van der Waals surface area contributed by atoms with Crippen LogP contribution in [0.15, 0.2) is 24.3 Å². The van der Waals surface area contributed by atoms with Crippen LogP contribution in [0.5, 0.6) is 5.75 Å². The van der Waals surface area contributed by atoms with E-state index in [0.29, 0.717) is 0 Å². The third-order valence-electron chi connectivity index (χ3n) is 4.53. The number of benzene rings is 1. The van der Waals surface area contributed by atoms with Gasteiger partial charge in [-0.2, -0.15) is 0 Å². The zero-order valence-corrected chi connectivity index (χ0v) is 12.3. The van der Waals surface area contributed by atoms with Gasteiger partial charge in [-0.05, 0) is 56.2 Å². The molecule has 1 aromatic carbocycles. The van der Waals surface area contributed by atoms with E-state index >= 15 is 0 Å². The lowest BCUT2D eigenvalue weighted by atomic mass is 9.99. The molecule has 2 fully saturated rings. The number of anilines is 1. The Bertz CT molecular complexity index is 408. The molecule has 2 aliphatic rings. The molecule has 0 bridgehead atoms. The first-order chi connectivity index (χ1) is 9.85. The average Bonchev–Trinajstić information content (AvgIpc) is 2.46. The Kier molecular flexibility index (Phi) is 4.43. The lowest BCUT2D eigenvalue weighted by Gasteiger charge is -2.37. The Balaban J connectivity index is 1.44. The molecule has 4 nitrogen and oxygen atoms in total. The van der Waals surface area contributed by atoms with E-state index in [0.717, 1.165) is 24.8 Å². The molecule has 0 aromatic heterocycles. The van der Waals surface area contributed by atoms with E-state index in [2.05, 4.69) is 27.2 Å². The fourth-order valence-corrected chi connectivity index (χ4v) is 2.94. The Hall–Kier alpha value is -1.26. The second-order valence-corrected chi connectivity index (χ2v) is 5.84. The number of hydrogen-bond acceptors (Lipinski definition) is 4. The van der Waals surface area contributed by atoms with Crippen LogP contribution in [0.2, 0.25) is 0 Å². The van der Waals surface area contributed by atoms with Crippen molar-refractivity contribution in [2.45, 2.75) is 6.42 Å². The van der Waals surface area contributed by atoms with Crippen LogP contribution >= 0.6 is 0 Å². The van der Waals surface area contributed by atoms with Crippen molar-refractivity contribution in [3.63, 3.8) is 0 Å². The maximum atomic E-state index is 5.21. The summed E-state index contributed by atoms with van der Waals surface area (Å²) in [6, 6.07) is 8.42. The standard InChI is InChI=1S/C16H25N3O/c1-20-16-4-2-15(3-5-16)19-10-8-18(9-11-19)7-6-14-12-17-13-14/h2-5,14,17H,6-13H2,1H3. The smallest absolute Gasteiger partial charge is 0.119 e. The first-order valence-corrected chi connectivity index (χ1v) is 7.67. The second-order valence-electron chi connectivity index (χ2n) is 5.84. The van der Waals surface area contributed by atoms with E-state index < -0.39 is 0 Å². The third kappa shape index (κ3) is 3.25. The Labute approximate surface area is 121 Å². The van der Waals surface area contributed by atoms with Gasteiger partial charge in [-0.1, -0.05) is 0 Å². The molecule has 0 radical (unpaired) electrons. The van der Waals surface area contributed by atoms with Gasteiger partial charge in [0.15, 0.2) is 0 Å². The van der Waals surface area contributed by atoms with Crippen LogP contribution < -0.4 is 15.0 Å². The minimum Gasteiger partial charge on any atom is -0.497 e. The molecule has 2 saturated heterocycles. The summed E-state index contributed by atoms with van der Waals surface area (Å²) in [7, 11) is 1.71. The molecule has 20 heavy (non-hydrogen) atoms. The van der Waals surface area contributed by atoms with Crippen LogP contribution in [-0.4, -0.2) is 57.8 Å². The van der Waals surface area contributed by atoms with Gasteiger partial charge in [0.2, 0.25) is 0 Å². The van der Waals surface area contributed by atoms with Gasteiger partial charge in [-0.3, -0.25) is 4.90 Å². The maximum absolute atomic E-state index is 5.21. The summed E-state index contributed by atoms with van der Waals surface area (Å²) in [5.41, 5.74) is 1.31. The highest BCUT2D eigenvalue weighted by atomic mass is 16.5. The molecule has 2 heterocycles. The van der Waals surface area contributed by atoms with Gasteiger partial charge in [0.05, 0.1) is 7.11 Å². The number of methoxy groups -OCH3 is 1. The van der Waals surface area contributed by atoms with Crippen LogP contribution in [0.25, 0.3) is 0 Å². The Morgan fingerprint density at radius 2 is 1.80 bits per heavy atom. The highest BCUT2D eigenvalue weighted by Gasteiger charge is 2.20. The summed E-state index contributed by atoms with van der Waals surface area (Å²) in [5, 5.41) is 3.35. The summed E-state index contributed by atoms with van der Waals surface area (Å²) >= 11 is 0. The largest absolute Gasteiger partial charge is 0.497 e. The van der Waals surface area contributed by atoms with Gasteiger partial charge in [-0.25, -0.2) is 0 Å². The van der Waals surface area contributed by atoms with E-state index in [1.54, 1.807) is 7.11 Å². The highest BCUT2D eigenvalue weighted by molar-refractivity contribution is 5.49. The van der Waals surface area contributed by atoms with Gasteiger partial charge in [0, 0.05) is 31.9 Å². The minimum absolute atomic E-state index is 0.926. The molecule has 2 aliphatic heterocycles. The topological polar surface area (TPSA) is 27.7 Å². The summed E-state index contributed by atoms with van der Waals surface area (Å²) in [5.74, 6) is 1.86. The summed E-state index contributed by atoms with van der Waals surface area (Å²) in [6.45, 7) is 8.36. The highest BCUT2D eigenvalue weighted by Crippen LogP contribution is 2.20. The van der Waals surface area contributed by atoms with Crippen LogP contribution in [0.1, 0.15) is 6.42 Å². The predicted molar refractivity (Wildman–Crippen MR) is 82.6 cm³/mol. The van der Waals surface area contributed by atoms with E-state index in [-0.39, 0.29) is 0 Å². The molecule has 110 valence electrons. The minimum atomic E-state index is 0.926. The van der Waals surface area contributed by atoms with Crippen LogP contribution in [0.3, 0.4) is 0 Å². The number of rotatable bonds is 5. The molecule has 0 atom stereocenters. The Morgan fingerprint density at radius 3 is 2.35 bits per heavy atom. The number of nitrogens with one attached hydrogen (secondary N) is 1. The zero-order chi connectivity index (χ0) is 13.8. The maximum Gasteiger partial charge on any atom is 0.119 e. The monoisotopic (exact) mass is 275 g/mol. The zero-order valence-electron chi connectivity index (χ0n) is 12.3. The van der Waals surface area contributed by atoms with Crippen molar-refractivity contribution in [1.29, 1.82) is 0 Å². The summed E-state index contributed by atoms with van der Waals surface area (Å²) < 4.78 is 5.21. The van der Waals surface area contributed by atoms with E-state index in [1.165, 1.54) is 44.8 Å². The van der Waals surface area contributed by atoms with Crippen molar-refractivity contribution >= 4 is 5.69 Å². The summed E-state index contributed by atoms with van der Waals surface area (Å²) in [6.07, 6.45) is 1.36. The lowest BCUT2D eigenvalue weighted by Crippen LogP contribution is -2.48. The van der Waals surface area contributed by atoms with Gasteiger partial charge >= 0.3 is 0 Å². The van der Waals surface area contributed by atoms with Gasteiger partial charge < -0.3 is 15.0 Å². The molecule has 0 aliphatic carbocycles. The lowest BCUT2D eigenvalue weighted by molar-refractivity contribution is 0.216. The van der Waals surface area contributed by atoms with Crippen molar-refractivity contribution in [1.82, 2.24) is 10.2 Å². The van der Waals surface area contributed by atoms with E-state index in [4.69, 9.17) is 4.74 Å². The van der Waals surface area contributed by atoms with Crippen molar-refractivity contribution < 1.29 is 4.74 Å². The molecule has 3 rings (SSSR count). The quantitative estimate of drug-likeness (QED) is 0.880. The first-order valence-electron chi connectivity index (χ1n) is 7.67. The number of nitrogens with zero attached hydrogens (tertiary/aromatic N) is 2. The van der Waals surface area contributed by atoms with Crippen molar-refractivity contribution in [3.05, 3.63) is 24.3 Å². The fraction of sp³-hybridized carbons (Fsp3) is 0.625. The van der Waals surface area contributed by atoms with Crippen LogP contribution in [0.4, 0.5) is 5.69 Å². The first kappa shape index (κ1) is 13.7. The van der Waals surface area contributed by atoms with Gasteiger partial charge in [0.1, 0.15) is 5.75 Å². The van der Waals surface area contributed by atoms with E-state index in [9.17, 15) is 0 Å². The normalized spacial score (nSPS) is 20.8. The molecule has 4 heteroatoms. The molecular formula is C16H25N3O. The molecule has 1 N–H and O–H groups in total. The van der Waals surface area contributed by atoms with Gasteiger partial charge in [-0.15, -0.1) is 0 Å². The average molecular weight is 275 g/mol. The predicted octanol–water partition coefficient (Wildman–Crippen LogP) is 1.43. The van der Waals surface area contributed by atoms with Crippen molar-refractivity contribution in [2.24, 2.45) is 5.92 Å². The fourth-order valence-electron chi connectivity index (χ4n) is 2.94. The van der Waals surface area contributed by atoms with Crippen LogP contribution in [0, 0.1) is 5.92 Å². The number of ether oxygens (including phenoxy) is 1. The molecule has 0 spiro atoms. The number of piperazine rings is 1. The molecule has 0 unspecified atom stereocenters. The van der Waals surface area contributed by atoms with Crippen molar-refractivity contribution in [3.8, 4) is 5.75 Å². The molecule has 0 saturated carbocycles. The van der Waals surface area contributed by atoms with Crippen LogP contribution in [-0.2, 0) is 0 Å². The second kappa shape index (κ2) is 6.46. The van der Waals surface area contributed by atoms with E-state index in [1.807, 2.05) is 12.1 Å². The SMILES string of the molecule is COc1ccc(N2CCN(CCC3CNC3)CC2)cc1. The molecule has 1 aromatic rings. The molecular weight excluding hydrogens is 250 g/mol. The number of hydrogen-bond donors (Lipinski definition) is 1. The van der Waals surface area contributed by atoms with Crippen molar-refractivity contribution in [2.75, 3.05) is 57.8 Å². The Morgan fingerprint density at radius 1 is 1.10 bits per heavy atom. The summed E-state index contributed by atoms with van der Waals surface area (Å²) in [4.78, 5) is 5.08. The van der Waals surface area contributed by atoms with Gasteiger partial charge in [0.25, 0.3) is 0 Å². The third-order valence-corrected chi connectivity index (χ3v) is 4.53.